The van der Waals surface area contributed by atoms with Gasteiger partial charge in [0.25, 0.3) is 5.91 Å². The predicted octanol–water partition coefficient (Wildman–Crippen LogP) is 4.15. The molecule has 0 aliphatic rings. The van der Waals surface area contributed by atoms with E-state index in [2.05, 4.69) is 48.6 Å². The lowest BCUT2D eigenvalue weighted by Gasteiger charge is -2.14. The van der Waals surface area contributed by atoms with Gasteiger partial charge in [0.05, 0.1) is 11.4 Å². The molecule has 0 aliphatic heterocycles. The molecule has 3 rings (SSSR count). The van der Waals surface area contributed by atoms with Gasteiger partial charge in [-0.2, -0.15) is 0 Å². The number of hydrogen-bond donors (Lipinski definition) is 1. The summed E-state index contributed by atoms with van der Waals surface area (Å²) in [5.41, 5.74) is 3.49. The van der Waals surface area contributed by atoms with E-state index in [1.807, 2.05) is 12.1 Å². The van der Waals surface area contributed by atoms with Crippen molar-refractivity contribution in [2.75, 3.05) is 20.8 Å². The average Bonchev–Trinajstić information content (AvgIpc) is 3.03. The van der Waals surface area contributed by atoms with Crippen molar-refractivity contribution in [2.45, 2.75) is 19.6 Å². The van der Waals surface area contributed by atoms with Crippen LogP contribution in [-0.4, -0.2) is 33.0 Å². The van der Waals surface area contributed by atoms with Crippen LogP contribution in [0.1, 0.15) is 26.4 Å². The van der Waals surface area contributed by atoms with E-state index in [9.17, 15) is 4.79 Å². The molecule has 0 spiro atoms. The molecule has 0 fully saturated rings. The highest BCUT2D eigenvalue weighted by Crippen LogP contribution is 2.33. The monoisotopic (exact) mass is 369 g/mol. The molecule has 26 heavy (non-hydrogen) atoms. The van der Waals surface area contributed by atoms with Crippen molar-refractivity contribution in [1.29, 1.82) is 0 Å². The number of benzene rings is 2. The first kappa shape index (κ1) is 18.6. The molecule has 136 valence electrons. The number of amides is 1. The summed E-state index contributed by atoms with van der Waals surface area (Å²) in [6, 6.07) is 16.6. The molecule has 1 heterocycles. The highest BCUT2D eigenvalue weighted by Gasteiger charge is 2.19. The Bertz CT molecular complexity index is 882. The Hall–Kier alpha value is -2.21. The van der Waals surface area contributed by atoms with Gasteiger partial charge in [0.1, 0.15) is 0 Å². The highest BCUT2D eigenvalue weighted by atomic mass is 32.1. The van der Waals surface area contributed by atoms with Crippen LogP contribution in [0.15, 0.2) is 48.5 Å². The van der Waals surface area contributed by atoms with Gasteiger partial charge in [0, 0.05) is 18.9 Å². The van der Waals surface area contributed by atoms with E-state index in [1.54, 1.807) is 14.2 Å². The third-order valence-electron chi connectivity index (χ3n) is 4.36. The van der Waals surface area contributed by atoms with Gasteiger partial charge >= 0.3 is 0 Å². The van der Waals surface area contributed by atoms with Gasteiger partial charge in [0.15, 0.2) is 6.29 Å². The van der Waals surface area contributed by atoms with Gasteiger partial charge < -0.3 is 14.8 Å². The first-order valence-electron chi connectivity index (χ1n) is 8.52. The van der Waals surface area contributed by atoms with Crippen LogP contribution in [0, 0.1) is 6.92 Å². The lowest BCUT2D eigenvalue weighted by Crippen LogP contribution is -2.34. The van der Waals surface area contributed by atoms with Crippen LogP contribution in [-0.2, 0) is 15.9 Å². The van der Waals surface area contributed by atoms with E-state index in [1.165, 1.54) is 22.5 Å². The third kappa shape index (κ3) is 4.12. The van der Waals surface area contributed by atoms with Gasteiger partial charge in [-0.3, -0.25) is 4.79 Å². The van der Waals surface area contributed by atoms with E-state index in [0.29, 0.717) is 6.54 Å². The molecular formula is C21H23NO3S. The summed E-state index contributed by atoms with van der Waals surface area (Å²) in [6.07, 6.45) is 0.277. The van der Waals surface area contributed by atoms with Crippen molar-refractivity contribution < 1.29 is 14.3 Å². The summed E-state index contributed by atoms with van der Waals surface area (Å²) in [5.74, 6) is -0.0904. The Morgan fingerprint density at radius 3 is 2.46 bits per heavy atom. The molecule has 1 amide bonds. The smallest absolute Gasteiger partial charge is 0.261 e. The number of carbonyl (C=O) groups excluding carboxylic acids is 1. The van der Waals surface area contributed by atoms with Crippen molar-refractivity contribution >= 4 is 27.3 Å². The molecule has 0 bridgehead atoms. The minimum Gasteiger partial charge on any atom is -0.354 e. The summed E-state index contributed by atoms with van der Waals surface area (Å²) in [7, 11) is 3.12. The Labute approximate surface area is 157 Å². The topological polar surface area (TPSA) is 47.6 Å². The lowest BCUT2D eigenvalue weighted by atomic mass is 10.0. The second-order valence-electron chi connectivity index (χ2n) is 6.18. The summed E-state index contributed by atoms with van der Waals surface area (Å²) >= 11 is 1.53. The zero-order valence-electron chi connectivity index (χ0n) is 15.2. The number of methoxy groups -OCH3 is 2. The summed E-state index contributed by atoms with van der Waals surface area (Å²) in [4.78, 5) is 13.6. The molecule has 0 atom stereocenters. The number of thiophene rings is 1. The largest absolute Gasteiger partial charge is 0.354 e. The Morgan fingerprint density at radius 2 is 1.77 bits per heavy atom. The molecule has 1 N–H and O–H groups in total. The van der Waals surface area contributed by atoms with Crippen LogP contribution < -0.4 is 5.32 Å². The van der Waals surface area contributed by atoms with Crippen LogP contribution in [0.25, 0.3) is 10.1 Å². The molecular weight excluding hydrogens is 346 g/mol. The molecule has 4 nitrogen and oxygen atoms in total. The third-order valence-corrected chi connectivity index (χ3v) is 5.57. The zero-order chi connectivity index (χ0) is 18.5. The molecule has 0 saturated carbocycles. The SMILES string of the molecule is COC(CNC(=O)c1sc2ccccc2c1Cc1ccc(C)cc1)OC. The van der Waals surface area contributed by atoms with Gasteiger partial charge in [-0.25, -0.2) is 0 Å². The fraction of sp³-hybridized carbons (Fsp3) is 0.286. The number of carbonyl (C=O) groups is 1. The summed E-state index contributed by atoms with van der Waals surface area (Å²) in [5, 5.41) is 4.06. The van der Waals surface area contributed by atoms with Gasteiger partial charge in [-0.1, -0.05) is 48.0 Å². The molecule has 1 aromatic heterocycles. The van der Waals surface area contributed by atoms with Gasteiger partial charge in [0.2, 0.25) is 0 Å². The standard InChI is InChI=1S/C21H23NO3S/c1-14-8-10-15(11-9-14)12-17-16-6-4-5-7-18(16)26-20(17)21(23)22-13-19(24-2)25-3/h4-11,19H,12-13H2,1-3H3,(H,22,23). The minimum absolute atomic E-state index is 0.0904. The summed E-state index contributed by atoms with van der Waals surface area (Å²) in [6.45, 7) is 2.38. The average molecular weight is 369 g/mol. The Balaban J connectivity index is 1.91. The van der Waals surface area contributed by atoms with Crippen LogP contribution in [0.5, 0.6) is 0 Å². The van der Waals surface area contributed by atoms with Gasteiger partial charge in [-0.05, 0) is 35.9 Å². The number of ether oxygens (including phenoxy) is 2. The fourth-order valence-electron chi connectivity index (χ4n) is 2.89. The number of fused-ring (bicyclic) bond motifs is 1. The van der Waals surface area contributed by atoms with E-state index in [-0.39, 0.29) is 5.91 Å². The lowest BCUT2D eigenvalue weighted by molar-refractivity contribution is -0.0974. The fourth-order valence-corrected chi connectivity index (χ4v) is 4.02. The molecule has 0 unspecified atom stereocenters. The zero-order valence-corrected chi connectivity index (χ0v) is 16.1. The minimum atomic E-state index is -0.450. The second-order valence-corrected chi connectivity index (χ2v) is 7.23. The van der Waals surface area contributed by atoms with Crippen LogP contribution >= 0.6 is 11.3 Å². The second kappa shape index (κ2) is 8.45. The first-order valence-corrected chi connectivity index (χ1v) is 9.33. The molecule has 0 radical (unpaired) electrons. The van der Waals surface area contributed by atoms with Gasteiger partial charge in [-0.15, -0.1) is 11.3 Å². The van der Waals surface area contributed by atoms with Crippen molar-refractivity contribution in [3.05, 3.63) is 70.1 Å². The normalized spacial score (nSPS) is 11.2. The quantitative estimate of drug-likeness (QED) is 0.637. The van der Waals surface area contributed by atoms with Crippen LogP contribution in [0.3, 0.4) is 0 Å². The Morgan fingerprint density at radius 1 is 1.08 bits per heavy atom. The van der Waals surface area contributed by atoms with Crippen LogP contribution in [0.2, 0.25) is 0 Å². The molecule has 3 aromatic rings. The molecule has 5 heteroatoms. The maximum atomic E-state index is 12.8. The first-order chi connectivity index (χ1) is 12.6. The molecule has 0 saturated heterocycles. The number of nitrogens with one attached hydrogen (secondary N) is 1. The maximum Gasteiger partial charge on any atom is 0.261 e. The number of aryl methyl sites for hydroxylation is 1. The van der Waals surface area contributed by atoms with E-state index < -0.39 is 6.29 Å². The number of hydrogen-bond acceptors (Lipinski definition) is 4. The van der Waals surface area contributed by atoms with Crippen molar-refractivity contribution in [1.82, 2.24) is 5.32 Å². The van der Waals surface area contributed by atoms with E-state index in [0.717, 1.165) is 26.9 Å². The van der Waals surface area contributed by atoms with Crippen molar-refractivity contribution in [3.8, 4) is 0 Å². The summed E-state index contributed by atoms with van der Waals surface area (Å²) < 4.78 is 11.4. The maximum absolute atomic E-state index is 12.8. The highest BCUT2D eigenvalue weighted by molar-refractivity contribution is 7.21. The van der Waals surface area contributed by atoms with Crippen molar-refractivity contribution in [3.63, 3.8) is 0 Å². The molecule has 2 aromatic carbocycles. The molecule has 0 aliphatic carbocycles. The predicted molar refractivity (Wildman–Crippen MR) is 106 cm³/mol. The van der Waals surface area contributed by atoms with Crippen LogP contribution in [0.4, 0.5) is 0 Å². The number of rotatable bonds is 7. The van der Waals surface area contributed by atoms with Crippen molar-refractivity contribution in [2.24, 2.45) is 0 Å². The van der Waals surface area contributed by atoms with E-state index in [4.69, 9.17) is 9.47 Å². The Kier molecular flexibility index (Phi) is 6.04. The van der Waals surface area contributed by atoms with E-state index >= 15 is 0 Å².